The molecular weight excluding hydrogens is 222 g/mol. The molecule has 1 aliphatic carbocycles. The van der Waals surface area contributed by atoms with Gasteiger partial charge >= 0.3 is 0 Å². The lowest BCUT2D eigenvalue weighted by molar-refractivity contribution is 0.211. The van der Waals surface area contributed by atoms with E-state index in [0.717, 1.165) is 30.4 Å². The highest BCUT2D eigenvalue weighted by molar-refractivity contribution is 6.33. The Kier molecular flexibility index (Phi) is 3.15. The molecule has 4 heteroatoms. The van der Waals surface area contributed by atoms with Crippen LogP contribution in [0.3, 0.4) is 0 Å². The van der Waals surface area contributed by atoms with Gasteiger partial charge in [0.1, 0.15) is 10.8 Å². The van der Waals surface area contributed by atoms with E-state index in [9.17, 15) is 0 Å². The average molecular weight is 242 g/mol. The van der Waals surface area contributed by atoms with Crippen molar-refractivity contribution in [2.75, 3.05) is 5.73 Å². The van der Waals surface area contributed by atoms with Gasteiger partial charge in [0.05, 0.1) is 11.7 Å². The molecule has 3 nitrogen and oxygen atoms in total. The highest BCUT2D eigenvalue weighted by Gasteiger charge is 2.27. The van der Waals surface area contributed by atoms with Crippen molar-refractivity contribution in [3.8, 4) is 0 Å². The Hall–Kier alpha value is -0.700. The maximum atomic E-state index is 6.08. The zero-order chi connectivity index (χ0) is 11.9. The van der Waals surface area contributed by atoms with Crippen LogP contribution in [-0.2, 0) is 0 Å². The number of aryl methyl sites for hydroxylation is 1. The second kappa shape index (κ2) is 4.28. The van der Waals surface area contributed by atoms with Crippen LogP contribution in [0.5, 0.6) is 0 Å². The first-order chi connectivity index (χ1) is 7.49. The lowest BCUT2D eigenvalue weighted by Gasteiger charge is -2.32. The van der Waals surface area contributed by atoms with Gasteiger partial charge in [0.15, 0.2) is 0 Å². The Morgan fingerprint density at radius 3 is 2.25 bits per heavy atom. The Labute approximate surface area is 102 Å². The summed E-state index contributed by atoms with van der Waals surface area (Å²) in [5.74, 6) is 2.12. The van der Waals surface area contributed by atoms with Gasteiger partial charge in [-0.2, -0.15) is 5.10 Å². The highest BCUT2D eigenvalue weighted by Crippen LogP contribution is 2.38. The lowest BCUT2D eigenvalue weighted by Crippen LogP contribution is -2.24. The van der Waals surface area contributed by atoms with Crippen LogP contribution in [0.2, 0.25) is 5.02 Å². The van der Waals surface area contributed by atoms with E-state index in [4.69, 9.17) is 17.3 Å². The van der Waals surface area contributed by atoms with Gasteiger partial charge in [-0.05, 0) is 38.0 Å². The number of hydrogen-bond acceptors (Lipinski definition) is 2. The molecule has 2 atom stereocenters. The van der Waals surface area contributed by atoms with Crippen LogP contribution in [0.4, 0.5) is 5.82 Å². The molecule has 0 radical (unpaired) electrons. The number of hydrogen-bond donors (Lipinski definition) is 1. The fraction of sp³-hybridized carbons (Fsp3) is 0.750. The summed E-state index contributed by atoms with van der Waals surface area (Å²) in [4.78, 5) is 0. The van der Waals surface area contributed by atoms with E-state index in [1.165, 1.54) is 6.42 Å². The monoisotopic (exact) mass is 241 g/mol. The third kappa shape index (κ3) is 2.05. The summed E-state index contributed by atoms with van der Waals surface area (Å²) >= 11 is 6.08. The van der Waals surface area contributed by atoms with E-state index in [1.54, 1.807) is 0 Å². The minimum absolute atomic E-state index is 0.421. The molecule has 0 aromatic carbocycles. The van der Waals surface area contributed by atoms with Crippen LogP contribution < -0.4 is 5.73 Å². The van der Waals surface area contributed by atoms with E-state index in [2.05, 4.69) is 18.9 Å². The number of halogens is 1. The van der Waals surface area contributed by atoms with Gasteiger partial charge < -0.3 is 5.73 Å². The van der Waals surface area contributed by atoms with Gasteiger partial charge in [0.2, 0.25) is 0 Å². The molecule has 1 aromatic rings. The standard InChI is InChI=1S/C12H20ClN3/c1-7-4-8(2)6-10(5-7)16-12(14)11(13)9(3)15-16/h7-8,10H,4-6,14H2,1-3H3. The number of nitrogens with two attached hydrogens (primary N) is 1. The van der Waals surface area contributed by atoms with E-state index in [-0.39, 0.29) is 0 Å². The molecule has 1 fully saturated rings. The molecule has 2 unspecified atom stereocenters. The number of nitrogens with zero attached hydrogens (tertiary/aromatic N) is 2. The van der Waals surface area contributed by atoms with Gasteiger partial charge in [-0.25, -0.2) is 4.68 Å². The Morgan fingerprint density at radius 2 is 1.81 bits per heavy atom. The number of aromatic nitrogens is 2. The Bertz CT molecular complexity index is 376. The molecule has 0 spiro atoms. The number of nitrogen functional groups attached to an aromatic ring is 1. The minimum Gasteiger partial charge on any atom is -0.383 e. The van der Waals surface area contributed by atoms with Crippen LogP contribution >= 0.6 is 11.6 Å². The van der Waals surface area contributed by atoms with Crippen molar-refractivity contribution in [1.82, 2.24) is 9.78 Å². The zero-order valence-electron chi connectivity index (χ0n) is 10.2. The fourth-order valence-corrected chi connectivity index (χ4v) is 3.05. The van der Waals surface area contributed by atoms with Gasteiger partial charge in [-0.1, -0.05) is 25.4 Å². The number of anilines is 1. The van der Waals surface area contributed by atoms with Crippen LogP contribution in [0.15, 0.2) is 0 Å². The molecule has 2 N–H and O–H groups in total. The first kappa shape index (κ1) is 11.8. The number of rotatable bonds is 1. The van der Waals surface area contributed by atoms with Crippen molar-refractivity contribution in [2.45, 2.75) is 46.1 Å². The third-order valence-corrected chi connectivity index (χ3v) is 4.01. The Balaban J connectivity index is 2.26. The molecule has 1 aliphatic rings. The summed E-state index contributed by atoms with van der Waals surface area (Å²) in [5, 5.41) is 5.08. The van der Waals surface area contributed by atoms with Gasteiger partial charge in [-0.3, -0.25) is 0 Å². The molecule has 0 aliphatic heterocycles. The molecule has 16 heavy (non-hydrogen) atoms. The highest BCUT2D eigenvalue weighted by atomic mass is 35.5. The smallest absolute Gasteiger partial charge is 0.141 e. The second-order valence-corrected chi connectivity index (χ2v) is 5.68. The molecule has 1 saturated carbocycles. The van der Waals surface area contributed by atoms with Crippen LogP contribution in [0.1, 0.15) is 44.8 Å². The van der Waals surface area contributed by atoms with Crippen LogP contribution in [0, 0.1) is 18.8 Å². The average Bonchev–Trinajstić information content (AvgIpc) is 2.44. The zero-order valence-corrected chi connectivity index (χ0v) is 11.0. The molecule has 1 aromatic heterocycles. The van der Waals surface area contributed by atoms with Crippen molar-refractivity contribution in [3.05, 3.63) is 10.7 Å². The van der Waals surface area contributed by atoms with Crippen molar-refractivity contribution >= 4 is 17.4 Å². The SMILES string of the molecule is Cc1nn(C2CC(C)CC(C)C2)c(N)c1Cl. The quantitative estimate of drug-likeness (QED) is 0.819. The summed E-state index contributed by atoms with van der Waals surface area (Å²) in [6.45, 7) is 6.51. The van der Waals surface area contributed by atoms with Crippen molar-refractivity contribution in [2.24, 2.45) is 11.8 Å². The molecule has 90 valence electrons. The minimum atomic E-state index is 0.421. The Morgan fingerprint density at radius 1 is 1.25 bits per heavy atom. The van der Waals surface area contributed by atoms with Gasteiger partial charge in [-0.15, -0.1) is 0 Å². The van der Waals surface area contributed by atoms with Crippen molar-refractivity contribution in [1.29, 1.82) is 0 Å². The molecule has 0 saturated heterocycles. The molecule has 2 rings (SSSR count). The summed E-state index contributed by atoms with van der Waals surface area (Å²) in [6.07, 6.45) is 3.63. The molecular formula is C12H20ClN3. The summed E-state index contributed by atoms with van der Waals surface area (Å²) in [5.41, 5.74) is 6.83. The molecule has 0 bridgehead atoms. The fourth-order valence-electron chi connectivity index (χ4n) is 2.93. The van der Waals surface area contributed by atoms with Crippen molar-refractivity contribution in [3.63, 3.8) is 0 Å². The van der Waals surface area contributed by atoms with E-state index >= 15 is 0 Å². The topological polar surface area (TPSA) is 43.8 Å². The lowest BCUT2D eigenvalue weighted by atomic mass is 9.80. The van der Waals surface area contributed by atoms with E-state index in [0.29, 0.717) is 16.9 Å². The summed E-state index contributed by atoms with van der Waals surface area (Å²) in [6, 6.07) is 0.421. The summed E-state index contributed by atoms with van der Waals surface area (Å²) in [7, 11) is 0. The predicted molar refractivity (Wildman–Crippen MR) is 67.6 cm³/mol. The van der Waals surface area contributed by atoms with Crippen LogP contribution in [0.25, 0.3) is 0 Å². The largest absolute Gasteiger partial charge is 0.383 e. The van der Waals surface area contributed by atoms with Gasteiger partial charge in [0.25, 0.3) is 0 Å². The predicted octanol–water partition coefficient (Wildman–Crippen LogP) is 3.42. The van der Waals surface area contributed by atoms with E-state index < -0.39 is 0 Å². The molecule has 0 amide bonds. The second-order valence-electron chi connectivity index (χ2n) is 5.30. The van der Waals surface area contributed by atoms with E-state index in [1.807, 2.05) is 11.6 Å². The van der Waals surface area contributed by atoms with Crippen LogP contribution in [-0.4, -0.2) is 9.78 Å². The van der Waals surface area contributed by atoms with Crippen molar-refractivity contribution < 1.29 is 0 Å². The third-order valence-electron chi connectivity index (χ3n) is 3.55. The first-order valence-electron chi connectivity index (χ1n) is 5.99. The normalized spacial score (nSPS) is 30.6. The maximum absolute atomic E-state index is 6.08. The first-order valence-corrected chi connectivity index (χ1v) is 6.37. The molecule has 1 heterocycles. The maximum Gasteiger partial charge on any atom is 0.141 e. The summed E-state index contributed by atoms with van der Waals surface area (Å²) < 4.78 is 1.93. The van der Waals surface area contributed by atoms with Gasteiger partial charge in [0, 0.05) is 0 Å².